The molecule has 0 aromatic carbocycles. The second-order valence-corrected chi connectivity index (χ2v) is 6.48. The van der Waals surface area contributed by atoms with E-state index in [0.717, 1.165) is 6.42 Å². The summed E-state index contributed by atoms with van der Waals surface area (Å²) in [5.41, 5.74) is 0. The first-order valence-electron chi connectivity index (χ1n) is 6.16. The van der Waals surface area contributed by atoms with Crippen LogP contribution in [0.25, 0.3) is 0 Å². The molecule has 0 aromatic heterocycles. The van der Waals surface area contributed by atoms with Gasteiger partial charge in [-0.15, -0.1) is 11.8 Å². The molecular formula is C12H21NO4S. The summed E-state index contributed by atoms with van der Waals surface area (Å²) in [5, 5.41) is 8.94. The van der Waals surface area contributed by atoms with E-state index in [4.69, 9.17) is 9.84 Å². The number of amides is 1. The minimum absolute atomic E-state index is 0.145. The molecule has 1 fully saturated rings. The van der Waals surface area contributed by atoms with Crippen molar-refractivity contribution in [2.45, 2.75) is 31.4 Å². The molecule has 0 bridgehead atoms. The Kier molecular flexibility index (Phi) is 5.95. The molecule has 6 heteroatoms. The molecule has 0 aliphatic carbocycles. The van der Waals surface area contributed by atoms with Gasteiger partial charge in [0.05, 0.1) is 13.2 Å². The van der Waals surface area contributed by atoms with Crippen LogP contribution in [0.1, 0.15) is 26.7 Å². The lowest BCUT2D eigenvalue weighted by molar-refractivity contribution is -0.139. The number of morpholine rings is 1. The number of hydrogen-bond acceptors (Lipinski definition) is 4. The summed E-state index contributed by atoms with van der Waals surface area (Å²) in [6, 6.07) is 0. The highest BCUT2D eigenvalue weighted by Gasteiger charge is 2.27. The van der Waals surface area contributed by atoms with Crippen LogP contribution in [0.4, 0.5) is 0 Å². The number of hydrogen-bond donors (Lipinski definition) is 1. The summed E-state index contributed by atoms with van der Waals surface area (Å²) in [4.78, 5) is 24.5. The van der Waals surface area contributed by atoms with Crippen LogP contribution in [0.3, 0.4) is 0 Å². The van der Waals surface area contributed by atoms with Crippen LogP contribution in [0.2, 0.25) is 0 Å². The summed E-state index contributed by atoms with van der Waals surface area (Å²) < 4.78 is 4.41. The number of ether oxygens (including phenoxy) is 1. The Hall–Kier alpha value is -0.750. The summed E-state index contributed by atoms with van der Waals surface area (Å²) >= 11 is 1.38. The first kappa shape index (κ1) is 15.3. The number of carbonyl (C=O) groups excluding carboxylic acids is 1. The zero-order valence-electron chi connectivity index (χ0n) is 11.0. The van der Waals surface area contributed by atoms with Crippen molar-refractivity contribution >= 4 is 23.6 Å². The highest BCUT2D eigenvalue weighted by Crippen LogP contribution is 2.25. The molecule has 0 aromatic rings. The maximum Gasteiger partial charge on any atom is 0.319 e. The van der Waals surface area contributed by atoms with E-state index in [-0.39, 0.29) is 5.91 Å². The van der Waals surface area contributed by atoms with Gasteiger partial charge in [0, 0.05) is 19.5 Å². The molecule has 1 rings (SSSR count). The fourth-order valence-electron chi connectivity index (χ4n) is 1.58. The van der Waals surface area contributed by atoms with E-state index in [0.29, 0.717) is 38.5 Å². The lowest BCUT2D eigenvalue weighted by atomic mass is 10.2. The van der Waals surface area contributed by atoms with Gasteiger partial charge in [-0.1, -0.05) is 0 Å². The van der Waals surface area contributed by atoms with E-state index in [9.17, 15) is 9.59 Å². The SMILES string of the molecule is CC(C)(SCCCC(=O)N1CCOCC1)C(=O)O. The van der Waals surface area contributed by atoms with Crippen LogP contribution < -0.4 is 0 Å². The molecule has 0 radical (unpaired) electrons. The van der Waals surface area contributed by atoms with Gasteiger partial charge in [-0.05, 0) is 26.0 Å². The third kappa shape index (κ3) is 4.86. The van der Waals surface area contributed by atoms with Crippen molar-refractivity contribution in [3.8, 4) is 0 Å². The van der Waals surface area contributed by atoms with Gasteiger partial charge in [0.15, 0.2) is 0 Å². The van der Waals surface area contributed by atoms with Crippen LogP contribution >= 0.6 is 11.8 Å². The lowest BCUT2D eigenvalue weighted by Gasteiger charge is -2.27. The maximum absolute atomic E-state index is 11.8. The van der Waals surface area contributed by atoms with Gasteiger partial charge >= 0.3 is 5.97 Å². The van der Waals surface area contributed by atoms with Crippen LogP contribution in [0.5, 0.6) is 0 Å². The molecule has 0 atom stereocenters. The van der Waals surface area contributed by atoms with Crippen LogP contribution in [-0.4, -0.2) is 58.7 Å². The van der Waals surface area contributed by atoms with Gasteiger partial charge in [-0.3, -0.25) is 9.59 Å². The summed E-state index contributed by atoms with van der Waals surface area (Å²) in [5.74, 6) is 0.0223. The Labute approximate surface area is 112 Å². The molecule has 1 aliphatic rings. The topological polar surface area (TPSA) is 66.8 Å². The quantitative estimate of drug-likeness (QED) is 0.738. The number of nitrogens with zero attached hydrogens (tertiary/aromatic N) is 1. The fourth-order valence-corrected chi connectivity index (χ4v) is 2.51. The van der Waals surface area contributed by atoms with Crippen LogP contribution in [-0.2, 0) is 14.3 Å². The molecule has 5 nitrogen and oxygen atoms in total. The normalized spacial score (nSPS) is 16.7. The van der Waals surface area contributed by atoms with Crippen molar-refractivity contribution in [2.75, 3.05) is 32.1 Å². The summed E-state index contributed by atoms with van der Waals surface area (Å²) in [7, 11) is 0. The largest absolute Gasteiger partial charge is 0.480 e. The van der Waals surface area contributed by atoms with E-state index >= 15 is 0 Å². The van der Waals surface area contributed by atoms with Gasteiger partial charge < -0.3 is 14.7 Å². The smallest absolute Gasteiger partial charge is 0.319 e. The van der Waals surface area contributed by atoms with E-state index in [1.165, 1.54) is 11.8 Å². The Balaban J connectivity index is 2.17. The molecule has 0 saturated carbocycles. The van der Waals surface area contributed by atoms with Crippen molar-refractivity contribution in [3.63, 3.8) is 0 Å². The molecule has 1 saturated heterocycles. The number of carboxylic acid groups (broad SMARTS) is 1. The van der Waals surface area contributed by atoms with E-state index in [1.807, 2.05) is 4.90 Å². The van der Waals surface area contributed by atoms with Crippen LogP contribution in [0.15, 0.2) is 0 Å². The average molecular weight is 275 g/mol. The predicted molar refractivity (Wildman–Crippen MR) is 70.8 cm³/mol. The zero-order chi connectivity index (χ0) is 13.6. The van der Waals surface area contributed by atoms with Crippen molar-refractivity contribution in [2.24, 2.45) is 0 Å². The third-order valence-corrected chi connectivity index (χ3v) is 4.27. The molecule has 0 spiro atoms. The number of aliphatic carboxylic acids is 1. The average Bonchev–Trinajstić information content (AvgIpc) is 2.35. The fraction of sp³-hybridized carbons (Fsp3) is 0.833. The Bertz CT molecular complexity index is 300. The molecule has 0 unspecified atom stereocenters. The maximum atomic E-state index is 11.8. The number of carboxylic acids is 1. The van der Waals surface area contributed by atoms with Crippen LogP contribution in [0, 0.1) is 0 Å². The lowest BCUT2D eigenvalue weighted by Crippen LogP contribution is -2.40. The minimum Gasteiger partial charge on any atom is -0.480 e. The Morgan fingerprint density at radius 3 is 2.50 bits per heavy atom. The van der Waals surface area contributed by atoms with E-state index in [1.54, 1.807) is 13.8 Å². The molecule has 1 aliphatic heterocycles. The number of carbonyl (C=O) groups is 2. The van der Waals surface area contributed by atoms with Gasteiger partial charge in [0.1, 0.15) is 4.75 Å². The Morgan fingerprint density at radius 1 is 1.33 bits per heavy atom. The second kappa shape index (κ2) is 6.99. The summed E-state index contributed by atoms with van der Waals surface area (Å²) in [6.07, 6.45) is 1.21. The van der Waals surface area contributed by atoms with Crippen molar-refractivity contribution in [3.05, 3.63) is 0 Å². The number of thioether (sulfide) groups is 1. The molecule has 1 amide bonds. The molecular weight excluding hydrogens is 254 g/mol. The van der Waals surface area contributed by atoms with Gasteiger partial charge in [-0.25, -0.2) is 0 Å². The molecule has 1 heterocycles. The van der Waals surface area contributed by atoms with E-state index in [2.05, 4.69) is 0 Å². The minimum atomic E-state index is -0.813. The molecule has 104 valence electrons. The zero-order valence-corrected chi connectivity index (χ0v) is 11.8. The monoisotopic (exact) mass is 275 g/mol. The standard InChI is InChI=1S/C12H21NO4S/c1-12(2,11(15)16)18-9-3-4-10(14)13-5-7-17-8-6-13/h3-9H2,1-2H3,(H,15,16). The first-order chi connectivity index (χ1) is 8.43. The molecule has 18 heavy (non-hydrogen) atoms. The number of rotatable bonds is 6. The predicted octanol–water partition coefficient (Wildman–Crippen LogP) is 1.22. The second-order valence-electron chi connectivity index (χ2n) is 4.76. The highest BCUT2D eigenvalue weighted by molar-refractivity contribution is 8.01. The third-order valence-electron chi connectivity index (χ3n) is 2.88. The Morgan fingerprint density at radius 2 is 1.94 bits per heavy atom. The molecule has 1 N–H and O–H groups in total. The van der Waals surface area contributed by atoms with Crippen molar-refractivity contribution in [1.82, 2.24) is 4.90 Å². The van der Waals surface area contributed by atoms with E-state index < -0.39 is 10.7 Å². The van der Waals surface area contributed by atoms with Gasteiger partial charge in [-0.2, -0.15) is 0 Å². The van der Waals surface area contributed by atoms with Crippen molar-refractivity contribution in [1.29, 1.82) is 0 Å². The first-order valence-corrected chi connectivity index (χ1v) is 7.15. The highest BCUT2D eigenvalue weighted by atomic mass is 32.2. The van der Waals surface area contributed by atoms with Gasteiger partial charge in [0.2, 0.25) is 5.91 Å². The summed E-state index contributed by atoms with van der Waals surface area (Å²) in [6.45, 7) is 5.95. The van der Waals surface area contributed by atoms with Gasteiger partial charge in [0.25, 0.3) is 0 Å². The van der Waals surface area contributed by atoms with Crippen molar-refractivity contribution < 1.29 is 19.4 Å².